The number of carbonyl (C=O) groups excluding carboxylic acids is 1. The first-order valence-electron chi connectivity index (χ1n) is 7.38. The van der Waals surface area contributed by atoms with Gasteiger partial charge in [0.2, 0.25) is 0 Å². The van der Waals surface area contributed by atoms with Gasteiger partial charge in [-0.15, -0.1) is 5.10 Å². The maximum atomic E-state index is 11.3. The maximum absolute atomic E-state index is 11.3. The van der Waals surface area contributed by atoms with Gasteiger partial charge in [-0.3, -0.25) is 4.79 Å². The molecule has 0 amide bonds. The second kappa shape index (κ2) is 5.98. The van der Waals surface area contributed by atoms with Crippen molar-refractivity contribution >= 4 is 17.9 Å². The summed E-state index contributed by atoms with van der Waals surface area (Å²) in [5, 5.41) is 8.97. The summed E-state index contributed by atoms with van der Waals surface area (Å²) >= 11 is 6.21. The molecule has 4 nitrogen and oxygen atoms in total. The van der Waals surface area contributed by atoms with E-state index >= 15 is 0 Å². The summed E-state index contributed by atoms with van der Waals surface area (Å²) in [6.45, 7) is 1.96. The first-order valence-corrected chi connectivity index (χ1v) is 7.76. The molecule has 0 saturated heterocycles. The minimum Gasteiger partial charge on any atom is -0.296 e. The van der Waals surface area contributed by atoms with E-state index in [9.17, 15) is 4.79 Å². The van der Waals surface area contributed by atoms with Crippen molar-refractivity contribution in [3.8, 4) is 5.69 Å². The van der Waals surface area contributed by atoms with Crippen molar-refractivity contribution in [2.75, 3.05) is 0 Å². The van der Waals surface area contributed by atoms with Crippen molar-refractivity contribution < 1.29 is 4.79 Å². The van der Waals surface area contributed by atoms with Gasteiger partial charge in [0, 0.05) is 10.9 Å². The minimum atomic E-state index is 0.354. The number of nitrogens with zero attached hydrogens (tertiary/aromatic N) is 3. The third kappa shape index (κ3) is 2.60. The molecule has 0 unspecified atom stereocenters. The van der Waals surface area contributed by atoms with Gasteiger partial charge in [0.25, 0.3) is 0 Å². The Bertz CT molecular complexity index is 660. The van der Waals surface area contributed by atoms with Crippen LogP contribution < -0.4 is 0 Å². The van der Waals surface area contributed by atoms with E-state index in [0.717, 1.165) is 36.1 Å². The molecule has 110 valence electrons. The van der Waals surface area contributed by atoms with Crippen LogP contribution in [-0.2, 0) is 0 Å². The fourth-order valence-corrected chi connectivity index (χ4v) is 3.32. The highest BCUT2D eigenvalue weighted by molar-refractivity contribution is 6.31. The summed E-state index contributed by atoms with van der Waals surface area (Å²) < 4.78 is 1.81. The van der Waals surface area contributed by atoms with E-state index in [-0.39, 0.29) is 0 Å². The minimum absolute atomic E-state index is 0.354. The molecule has 1 saturated carbocycles. The van der Waals surface area contributed by atoms with Crippen molar-refractivity contribution in [3.05, 3.63) is 40.2 Å². The molecule has 2 aromatic rings. The van der Waals surface area contributed by atoms with Crippen LogP contribution in [0.5, 0.6) is 0 Å². The molecule has 1 aromatic heterocycles. The lowest BCUT2D eigenvalue weighted by Gasteiger charge is -2.23. The van der Waals surface area contributed by atoms with E-state index < -0.39 is 0 Å². The van der Waals surface area contributed by atoms with E-state index in [1.54, 1.807) is 4.68 Å². The van der Waals surface area contributed by atoms with Gasteiger partial charge in [-0.25, -0.2) is 4.68 Å². The van der Waals surface area contributed by atoms with E-state index in [0.29, 0.717) is 16.6 Å². The lowest BCUT2D eigenvalue weighted by atomic mass is 9.86. The van der Waals surface area contributed by atoms with Gasteiger partial charge in [-0.2, -0.15) is 0 Å². The Morgan fingerprint density at radius 2 is 2.05 bits per heavy atom. The highest BCUT2D eigenvalue weighted by Crippen LogP contribution is 2.35. The van der Waals surface area contributed by atoms with Gasteiger partial charge >= 0.3 is 0 Å². The zero-order valence-electron chi connectivity index (χ0n) is 12.1. The molecule has 0 atom stereocenters. The standard InChI is InChI=1S/C16H18ClN3O/c1-11-13(17)8-5-9-15(11)20-16(14(10-21)18-19-20)12-6-3-2-4-7-12/h5,8-10,12H,2-4,6-7H2,1H3. The quantitative estimate of drug-likeness (QED) is 0.802. The Morgan fingerprint density at radius 1 is 1.29 bits per heavy atom. The van der Waals surface area contributed by atoms with Crippen molar-refractivity contribution in [1.29, 1.82) is 0 Å². The lowest BCUT2D eigenvalue weighted by Crippen LogP contribution is -2.13. The molecule has 0 spiro atoms. The zero-order valence-corrected chi connectivity index (χ0v) is 12.8. The normalized spacial score (nSPS) is 16.1. The van der Waals surface area contributed by atoms with E-state index in [4.69, 9.17) is 11.6 Å². The lowest BCUT2D eigenvalue weighted by molar-refractivity contribution is 0.111. The number of rotatable bonds is 3. The highest BCUT2D eigenvalue weighted by Gasteiger charge is 2.25. The average molecular weight is 304 g/mol. The van der Waals surface area contributed by atoms with Crippen molar-refractivity contribution in [2.24, 2.45) is 0 Å². The Labute approximate surface area is 129 Å². The van der Waals surface area contributed by atoms with Crippen LogP contribution in [0.1, 0.15) is 59.8 Å². The van der Waals surface area contributed by atoms with Crippen LogP contribution in [0.25, 0.3) is 5.69 Å². The van der Waals surface area contributed by atoms with Crippen LogP contribution in [-0.4, -0.2) is 21.3 Å². The van der Waals surface area contributed by atoms with E-state index in [2.05, 4.69) is 10.3 Å². The molecule has 3 rings (SSSR count). The number of aromatic nitrogens is 3. The molecule has 1 fully saturated rings. The topological polar surface area (TPSA) is 47.8 Å². The number of hydrogen-bond donors (Lipinski definition) is 0. The van der Waals surface area contributed by atoms with Gasteiger partial charge in [0.05, 0.1) is 11.4 Å². The summed E-state index contributed by atoms with van der Waals surface area (Å²) in [5.74, 6) is 0.354. The van der Waals surface area contributed by atoms with Gasteiger partial charge in [0.1, 0.15) is 5.69 Å². The zero-order chi connectivity index (χ0) is 14.8. The third-order valence-electron chi connectivity index (χ3n) is 4.30. The fourth-order valence-electron chi connectivity index (χ4n) is 3.15. The van der Waals surface area contributed by atoms with Gasteiger partial charge in [-0.05, 0) is 37.5 Å². The molecule has 5 heteroatoms. The van der Waals surface area contributed by atoms with Crippen LogP contribution in [0.4, 0.5) is 0 Å². The molecule has 0 N–H and O–H groups in total. The first-order chi connectivity index (χ1) is 10.2. The molecule has 0 aliphatic heterocycles. The number of carbonyl (C=O) groups is 1. The van der Waals surface area contributed by atoms with E-state index in [1.807, 2.05) is 25.1 Å². The SMILES string of the molecule is Cc1c(Cl)cccc1-n1nnc(C=O)c1C1CCCCC1. The summed E-state index contributed by atoms with van der Waals surface area (Å²) in [5.41, 5.74) is 3.26. The summed E-state index contributed by atoms with van der Waals surface area (Å²) in [6.07, 6.45) is 6.66. The Kier molecular flexibility index (Phi) is 4.06. The highest BCUT2D eigenvalue weighted by atomic mass is 35.5. The molecule has 1 heterocycles. The average Bonchev–Trinajstić information content (AvgIpc) is 2.94. The van der Waals surface area contributed by atoms with Crippen LogP contribution in [0.2, 0.25) is 5.02 Å². The molecular formula is C16H18ClN3O. The van der Waals surface area contributed by atoms with Crippen LogP contribution in [0, 0.1) is 6.92 Å². The molecular weight excluding hydrogens is 286 g/mol. The Hall–Kier alpha value is -1.68. The smallest absolute Gasteiger partial charge is 0.172 e. The maximum Gasteiger partial charge on any atom is 0.172 e. The largest absolute Gasteiger partial charge is 0.296 e. The number of aldehydes is 1. The van der Waals surface area contributed by atoms with Gasteiger partial charge in [0.15, 0.2) is 6.29 Å². The van der Waals surface area contributed by atoms with Crippen LogP contribution in [0.3, 0.4) is 0 Å². The second-order valence-corrected chi connectivity index (χ2v) is 6.02. The molecule has 1 aliphatic carbocycles. The molecule has 21 heavy (non-hydrogen) atoms. The first kappa shape index (κ1) is 14.3. The second-order valence-electron chi connectivity index (χ2n) is 5.61. The number of hydrogen-bond acceptors (Lipinski definition) is 3. The predicted molar refractivity (Wildman–Crippen MR) is 82.3 cm³/mol. The van der Waals surface area contributed by atoms with Gasteiger partial charge in [-0.1, -0.05) is 42.1 Å². The number of halogens is 1. The summed E-state index contributed by atoms with van der Waals surface area (Å²) in [6, 6.07) is 5.73. The van der Waals surface area contributed by atoms with Crippen molar-refractivity contribution in [1.82, 2.24) is 15.0 Å². The third-order valence-corrected chi connectivity index (χ3v) is 4.71. The molecule has 1 aromatic carbocycles. The van der Waals surface area contributed by atoms with Crippen LogP contribution >= 0.6 is 11.6 Å². The van der Waals surface area contributed by atoms with Gasteiger partial charge < -0.3 is 0 Å². The Balaban J connectivity index is 2.12. The number of benzene rings is 1. The van der Waals surface area contributed by atoms with Crippen molar-refractivity contribution in [3.63, 3.8) is 0 Å². The summed E-state index contributed by atoms with van der Waals surface area (Å²) in [4.78, 5) is 11.3. The molecule has 1 aliphatic rings. The molecule has 0 radical (unpaired) electrons. The summed E-state index contributed by atoms with van der Waals surface area (Å²) in [7, 11) is 0. The van der Waals surface area contributed by atoms with E-state index in [1.165, 1.54) is 19.3 Å². The monoisotopic (exact) mass is 303 g/mol. The van der Waals surface area contributed by atoms with Crippen molar-refractivity contribution in [2.45, 2.75) is 44.9 Å². The Morgan fingerprint density at radius 3 is 2.76 bits per heavy atom. The molecule has 0 bridgehead atoms. The predicted octanol–water partition coefficient (Wildman–Crippen LogP) is 4.09. The van der Waals surface area contributed by atoms with Crippen LogP contribution in [0.15, 0.2) is 18.2 Å². The fraction of sp³-hybridized carbons (Fsp3) is 0.438.